The molecule has 5 nitrogen and oxygen atoms in total. The molecule has 2 aromatic rings. The highest BCUT2D eigenvalue weighted by atomic mass is 79.9. The van der Waals surface area contributed by atoms with Gasteiger partial charge in [0.15, 0.2) is 13.2 Å². The van der Waals surface area contributed by atoms with Crippen molar-refractivity contribution in [3.8, 4) is 5.75 Å². The lowest BCUT2D eigenvalue weighted by molar-refractivity contribution is -0.149. The Morgan fingerprint density at radius 3 is 2.62 bits per heavy atom. The zero-order valence-corrected chi connectivity index (χ0v) is 15.2. The molecule has 24 heavy (non-hydrogen) atoms. The van der Waals surface area contributed by atoms with Crippen molar-refractivity contribution in [3.63, 3.8) is 0 Å². The molecule has 0 saturated heterocycles. The van der Waals surface area contributed by atoms with Gasteiger partial charge in [-0.25, -0.2) is 4.79 Å². The van der Waals surface area contributed by atoms with Gasteiger partial charge in [-0.05, 0) is 36.8 Å². The lowest BCUT2D eigenvalue weighted by Gasteiger charge is -2.10. The maximum absolute atomic E-state index is 11.8. The van der Waals surface area contributed by atoms with Crippen molar-refractivity contribution < 1.29 is 19.1 Å². The lowest BCUT2D eigenvalue weighted by Crippen LogP contribution is -2.24. The average molecular weight is 413 g/mol. The summed E-state index contributed by atoms with van der Waals surface area (Å²) < 4.78 is 10.9. The largest absolute Gasteiger partial charge is 0.480 e. The van der Waals surface area contributed by atoms with Gasteiger partial charge in [-0.15, -0.1) is 0 Å². The van der Waals surface area contributed by atoms with E-state index in [9.17, 15) is 9.59 Å². The van der Waals surface area contributed by atoms with E-state index in [-0.39, 0.29) is 13.2 Å². The van der Waals surface area contributed by atoms with E-state index in [4.69, 9.17) is 21.1 Å². The van der Waals surface area contributed by atoms with Crippen LogP contribution in [0.4, 0.5) is 5.69 Å². The van der Waals surface area contributed by atoms with Crippen LogP contribution >= 0.6 is 27.5 Å². The van der Waals surface area contributed by atoms with E-state index in [1.54, 1.807) is 24.3 Å². The third-order valence-electron chi connectivity index (χ3n) is 3.02. The number of carbonyl (C=O) groups is 2. The minimum Gasteiger partial charge on any atom is -0.480 e. The van der Waals surface area contributed by atoms with Gasteiger partial charge >= 0.3 is 5.97 Å². The number of ether oxygens (including phenoxy) is 2. The average Bonchev–Trinajstić information content (AvgIpc) is 2.54. The summed E-state index contributed by atoms with van der Waals surface area (Å²) in [6.45, 7) is 1.15. The predicted molar refractivity (Wildman–Crippen MR) is 95.4 cm³/mol. The molecule has 0 atom stereocenters. The van der Waals surface area contributed by atoms with Crippen molar-refractivity contribution in [1.82, 2.24) is 0 Å². The first-order valence-electron chi connectivity index (χ1n) is 7.04. The number of benzene rings is 2. The molecule has 0 bridgehead atoms. The first kappa shape index (κ1) is 18.3. The molecular formula is C17H15BrClNO4. The number of rotatable bonds is 6. The summed E-state index contributed by atoms with van der Waals surface area (Å²) in [4.78, 5) is 23.4. The standard InChI is InChI=1S/C17H15BrClNO4/c1-11-4-2-3-5-14(11)20-16(21)9-24-17(22)10-23-15-7-6-12(18)8-13(15)19/h2-8H,9-10H2,1H3,(H,20,21). The van der Waals surface area contributed by atoms with Crippen LogP contribution in [0, 0.1) is 6.92 Å². The van der Waals surface area contributed by atoms with E-state index < -0.39 is 11.9 Å². The fourth-order valence-corrected chi connectivity index (χ4v) is 2.54. The van der Waals surface area contributed by atoms with Gasteiger partial charge < -0.3 is 14.8 Å². The van der Waals surface area contributed by atoms with Crippen molar-refractivity contribution in [2.45, 2.75) is 6.92 Å². The number of halogens is 2. The molecule has 0 aliphatic rings. The zero-order chi connectivity index (χ0) is 17.5. The van der Waals surface area contributed by atoms with E-state index >= 15 is 0 Å². The molecule has 7 heteroatoms. The minimum atomic E-state index is -0.658. The van der Waals surface area contributed by atoms with Crippen LogP contribution in [0.1, 0.15) is 5.56 Å². The summed E-state index contributed by atoms with van der Waals surface area (Å²) in [5.74, 6) is -0.713. The van der Waals surface area contributed by atoms with Gasteiger partial charge in [-0.1, -0.05) is 45.7 Å². The van der Waals surface area contributed by atoms with Crippen LogP contribution in [0.5, 0.6) is 5.75 Å². The molecule has 0 aromatic heterocycles. The number of esters is 1. The second-order valence-electron chi connectivity index (χ2n) is 4.89. The molecule has 0 aliphatic carbocycles. The van der Waals surface area contributed by atoms with E-state index in [2.05, 4.69) is 21.2 Å². The molecule has 126 valence electrons. The quantitative estimate of drug-likeness (QED) is 0.729. The second-order valence-corrected chi connectivity index (χ2v) is 6.21. The molecule has 2 rings (SSSR count). The Bertz CT molecular complexity index is 751. The summed E-state index contributed by atoms with van der Waals surface area (Å²) in [7, 11) is 0. The Balaban J connectivity index is 1.76. The first-order valence-corrected chi connectivity index (χ1v) is 8.22. The van der Waals surface area contributed by atoms with Gasteiger partial charge in [0.05, 0.1) is 5.02 Å². The Hall–Kier alpha value is -2.05. The smallest absolute Gasteiger partial charge is 0.344 e. The first-order chi connectivity index (χ1) is 11.5. The summed E-state index contributed by atoms with van der Waals surface area (Å²) in [6.07, 6.45) is 0. The number of para-hydroxylation sites is 1. The number of carbonyl (C=O) groups excluding carboxylic acids is 2. The number of hydrogen-bond acceptors (Lipinski definition) is 4. The van der Waals surface area contributed by atoms with Gasteiger partial charge in [0, 0.05) is 10.2 Å². The molecule has 0 aliphatic heterocycles. The Morgan fingerprint density at radius 1 is 1.17 bits per heavy atom. The van der Waals surface area contributed by atoms with Crippen LogP contribution in [-0.2, 0) is 14.3 Å². The maximum atomic E-state index is 11.8. The number of amides is 1. The van der Waals surface area contributed by atoms with Gasteiger partial charge in [0.1, 0.15) is 5.75 Å². The number of aryl methyl sites for hydroxylation is 1. The Labute approximate surface area is 153 Å². The summed E-state index contributed by atoms with van der Waals surface area (Å²) >= 11 is 9.25. The van der Waals surface area contributed by atoms with E-state index in [0.29, 0.717) is 16.5 Å². The van der Waals surface area contributed by atoms with Crippen LogP contribution in [0.2, 0.25) is 5.02 Å². The van der Waals surface area contributed by atoms with Crippen LogP contribution < -0.4 is 10.1 Å². The van der Waals surface area contributed by atoms with Gasteiger partial charge in [0.2, 0.25) is 0 Å². The highest BCUT2D eigenvalue weighted by molar-refractivity contribution is 9.10. The van der Waals surface area contributed by atoms with Crippen LogP contribution in [0.3, 0.4) is 0 Å². The molecule has 1 amide bonds. The topological polar surface area (TPSA) is 64.6 Å². The van der Waals surface area contributed by atoms with Crippen LogP contribution in [-0.4, -0.2) is 25.1 Å². The fraction of sp³-hybridized carbons (Fsp3) is 0.176. The summed E-state index contributed by atoms with van der Waals surface area (Å²) in [5.41, 5.74) is 1.60. The molecule has 0 heterocycles. The molecule has 2 aromatic carbocycles. The molecule has 0 radical (unpaired) electrons. The van der Waals surface area contributed by atoms with E-state index in [1.807, 2.05) is 25.1 Å². The predicted octanol–water partition coefficient (Wildman–Crippen LogP) is 3.97. The lowest BCUT2D eigenvalue weighted by atomic mass is 10.2. The molecule has 0 spiro atoms. The maximum Gasteiger partial charge on any atom is 0.344 e. The zero-order valence-electron chi connectivity index (χ0n) is 12.8. The molecule has 0 fully saturated rings. The fourth-order valence-electron chi connectivity index (χ4n) is 1.82. The summed E-state index contributed by atoms with van der Waals surface area (Å²) in [5, 5.41) is 3.04. The number of nitrogens with one attached hydrogen (secondary N) is 1. The highest BCUT2D eigenvalue weighted by Crippen LogP contribution is 2.27. The number of anilines is 1. The van der Waals surface area contributed by atoms with Crippen LogP contribution in [0.15, 0.2) is 46.9 Å². The normalized spacial score (nSPS) is 10.1. The second kappa shape index (κ2) is 8.70. The third kappa shape index (κ3) is 5.54. The van der Waals surface area contributed by atoms with Crippen molar-refractivity contribution in [1.29, 1.82) is 0 Å². The minimum absolute atomic E-state index is 0.334. The molecule has 1 N–H and O–H groups in total. The molecule has 0 unspecified atom stereocenters. The van der Waals surface area contributed by atoms with Crippen molar-refractivity contribution in [2.75, 3.05) is 18.5 Å². The SMILES string of the molecule is Cc1ccccc1NC(=O)COC(=O)COc1ccc(Br)cc1Cl. The van der Waals surface area contributed by atoms with Crippen LogP contribution in [0.25, 0.3) is 0 Å². The Morgan fingerprint density at radius 2 is 1.92 bits per heavy atom. The van der Waals surface area contributed by atoms with E-state index in [1.165, 1.54) is 0 Å². The Kier molecular flexibility index (Phi) is 6.63. The van der Waals surface area contributed by atoms with Crippen molar-refractivity contribution in [2.24, 2.45) is 0 Å². The molecular weight excluding hydrogens is 398 g/mol. The van der Waals surface area contributed by atoms with Gasteiger partial charge in [-0.3, -0.25) is 4.79 Å². The van der Waals surface area contributed by atoms with E-state index in [0.717, 1.165) is 10.0 Å². The highest BCUT2D eigenvalue weighted by Gasteiger charge is 2.11. The molecule has 0 saturated carbocycles. The van der Waals surface area contributed by atoms with Crippen molar-refractivity contribution >= 4 is 45.1 Å². The number of hydrogen-bond donors (Lipinski definition) is 1. The monoisotopic (exact) mass is 411 g/mol. The summed E-state index contributed by atoms with van der Waals surface area (Å²) in [6, 6.07) is 12.3. The van der Waals surface area contributed by atoms with Gasteiger partial charge in [0.25, 0.3) is 5.91 Å². The van der Waals surface area contributed by atoms with Crippen molar-refractivity contribution in [3.05, 3.63) is 57.5 Å². The third-order valence-corrected chi connectivity index (χ3v) is 3.81. The van der Waals surface area contributed by atoms with Gasteiger partial charge in [-0.2, -0.15) is 0 Å².